The number of carbonyl (C=O) groups is 2. The first-order valence-electron chi connectivity index (χ1n) is 10.8. The van der Waals surface area contributed by atoms with Crippen molar-refractivity contribution in [3.05, 3.63) is 64.1 Å². The van der Waals surface area contributed by atoms with Crippen molar-refractivity contribution in [3.63, 3.8) is 0 Å². The van der Waals surface area contributed by atoms with Gasteiger partial charge < -0.3 is 14.0 Å². The Labute approximate surface area is 182 Å². The van der Waals surface area contributed by atoms with Crippen LogP contribution in [0.15, 0.2) is 30.3 Å². The normalized spacial score (nSPS) is 13.3. The number of para-hydroxylation sites is 1. The van der Waals surface area contributed by atoms with E-state index in [4.69, 9.17) is 14.5 Å². The number of fused-ring (bicyclic) bond motifs is 2. The number of nitrogens with zero attached hydrogens (tertiary/aromatic N) is 2. The lowest BCUT2D eigenvalue weighted by Gasteiger charge is -2.19. The van der Waals surface area contributed by atoms with Crippen molar-refractivity contribution in [1.29, 1.82) is 0 Å². The van der Waals surface area contributed by atoms with E-state index in [1.807, 2.05) is 48.7 Å². The van der Waals surface area contributed by atoms with Crippen LogP contribution < -0.4 is 0 Å². The molecule has 0 saturated heterocycles. The summed E-state index contributed by atoms with van der Waals surface area (Å²) in [6.07, 6.45) is 3.78. The SMILES string of the molecule is COCCn1c(C)cc(C(=O)COC(=O)c2c3c(nc4ccccc24)CCCC3)c1C. The highest BCUT2D eigenvalue weighted by molar-refractivity contribution is 6.06. The summed E-state index contributed by atoms with van der Waals surface area (Å²) in [4.78, 5) is 30.8. The first-order chi connectivity index (χ1) is 15.0. The molecule has 0 spiro atoms. The molecule has 0 radical (unpaired) electrons. The summed E-state index contributed by atoms with van der Waals surface area (Å²) in [6, 6.07) is 9.49. The number of methoxy groups -OCH3 is 1. The highest BCUT2D eigenvalue weighted by atomic mass is 16.5. The Balaban J connectivity index is 1.57. The zero-order valence-electron chi connectivity index (χ0n) is 18.4. The van der Waals surface area contributed by atoms with E-state index in [-0.39, 0.29) is 12.4 Å². The van der Waals surface area contributed by atoms with Gasteiger partial charge in [-0.2, -0.15) is 0 Å². The van der Waals surface area contributed by atoms with E-state index in [1.165, 1.54) is 0 Å². The number of rotatable bonds is 7. The molecule has 0 aliphatic heterocycles. The molecule has 0 atom stereocenters. The summed E-state index contributed by atoms with van der Waals surface area (Å²) >= 11 is 0. The monoisotopic (exact) mass is 420 g/mol. The van der Waals surface area contributed by atoms with Gasteiger partial charge in [-0.3, -0.25) is 9.78 Å². The highest BCUT2D eigenvalue weighted by Crippen LogP contribution is 2.30. The molecule has 0 amide bonds. The minimum atomic E-state index is -0.446. The Hall–Kier alpha value is -2.99. The van der Waals surface area contributed by atoms with E-state index in [1.54, 1.807) is 7.11 Å². The predicted octanol–water partition coefficient (Wildman–Crippen LogP) is 4.22. The van der Waals surface area contributed by atoms with Gasteiger partial charge in [-0.15, -0.1) is 0 Å². The molecule has 0 saturated carbocycles. The molecule has 2 heterocycles. The van der Waals surface area contributed by atoms with Crippen molar-refractivity contribution >= 4 is 22.7 Å². The Morgan fingerprint density at radius 2 is 1.90 bits per heavy atom. The summed E-state index contributed by atoms with van der Waals surface area (Å²) < 4.78 is 12.8. The molecule has 0 unspecified atom stereocenters. The van der Waals surface area contributed by atoms with Gasteiger partial charge in [-0.05, 0) is 57.2 Å². The third kappa shape index (κ3) is 4.12. The number of aromatic nitrogens is 2. The summed E-state index contributed by atoms with van der Waals surface area (Å²) in [7, 11) is 1.65. The number of hydrogen-bond donors (Lipinski definition) is 0. The zero-order chi connectivity index (χ0) is 22.0. The van der Waals surface area contributed by atoms with Crippen LogP contribution in [0.2, 0.25) is 0 Å². The number of aryl methyl sites for hydroxylation is 2. The van der Waals surface area contributed by atoms with Crippen molar-refractivity contribution < 1.29 is 19.1 Å². The number of carbonyl (C=O) groups excluding carboxylic acids is 2. The Morgan fingerprint density at radius 3 is 2.71 bits per heavy atom. The van der Waals surface area contributed by atoms with Crippen LogP contribution >= 0.6 is 0 Å². The number of Topliss-reactive ketones (excluding diaryl/α,β-unsaturated/α-hetero) is 1. The molecule has 3 aromatic rings. The van der Waals surface area contributed by atoms with Crippen LogP contribution in [0.5, 0.6) is 0 Å². The number of benzene rings is 1. The fourth-order valence-corrected chi connectivity index (χ4v) is 4.50. The second kappa shape index (κ2) is 9.02. The zero-order valence-corrected chi connectivity index (χ0v) is 18.4. The lowest BCUT2D eigenvalue weighted by Crippen LogP contribution is -2.19. The van der Waals surface area contributed by atoms with Gasteiger partial charge in [-0.25, -0.2) is 4.79 Å². The van der Waals surface area contributed by atoms with Gasteiger partial charge in [-0.1, -0.05) is 18.2 Å². The topological polar surface area (TPSA) is 70.4 Å². The number of hydrogen-bond acceptors (Lipinski definition) is 5. The second-order valence-corrected chi connectivity index (χ2v) is 8.06. The van der Waals surface area contributed by atoms with Crippen LogP contribution in [-0.4, -0.2) is 41.6 Å². The van der Waals surface area contributed by atoms with E-state index in [2.05, 4.69) is 0 Å². The van der Waals surface area contributed by atoms with Crippen molar-refractivity contribution in [2.75, 3.05) is 20.3 Å². The van der Waals surface area contributed by atoms with E-state index >= 15 is 0 Å². The molecule has 0 fully saturated rings. The van der Waals surface area contributed by atoms with Crippen molar-refractivity contribution in [1.82, 2.24) is 9.55 Å². The predicted molar refractivity (Wildman–Crippen MR) is 119 cm³/mol. The molecule has 1 aliphatic carbocycles. The Bertz CT molecular complexity index is 1150. The van der Waals surface area contributed by atoms with Gasteiger partial charge >= 0.3 is 5.97 Å². The fourth-order valence-electron chi connectivity index (χ4n) is 4.50. The molecule has 6 nitrogen and oxygen atoms in total. The number of esters is 1. The number of ketones is 1. The van der Waals surface area contributed by atoms with Gasteiger partial charge in [0.05, 0.1) is 17.7 Å². The van der Waals surface area contributed by atoms with Crippen molar-refractivity contribution in [2.24, 2.45) is 0 Å². The second-order valence-electron chi connectivity index (χ2n) is 8.06. The largest absolute Gasteiger partial charge is 0.454 e. The Kier molecular flexibility index (Phi) is 6.18. The first-order valence-corrected chi connectivity index (χ1v) is 10.8. The molecular formula is C25H28N2O4. The van der Waals surface area contributed by atoms with Gasteiger partial charge in [0.2, 0.25) is 5.78 Å². The summed E-state index contributed by atoms with van der Waals surface area (Å²) in [6.45, 7) is 4.83. The van der Waals surface area contributed by atoms with Crippen LogP contribution in [-0.2, 0) is 28.9 Å². The number of ether oxygens (including phenoxy) is 2. The maximum absolute atomic E-state index is 13.1. The lowest BCUT2D eigenvalue weighted by molar-refractivity contribution is 0.0475. The number of pyridine rings is 1. The molecule has 31 heavy (non-hydrogen) atoms. The summed E-state index contributed by atoms with van der Waals surface area (Å²) in [5, 5.41) is 0.790. The summed E-state index contributed by atoms with van der Waals surface area (Å²) in [5.74, 6) is -0.643. The molecular weight excluding hydrogens is 392 g/mol. The molecule has 0 N–H and O–H groups in total. The Morgan fingerprint density at radius 1 is 1.13 bits per heavy atom. The minimum Gasteiger partial charge on any atom is -0.454 e. The minimum absolute atomic E-state index is 0.197. The molecule has 0 bridgehead atoms. The van der Waals surface area contributed by atoms with Gasteiger partial charge in [0, 0.05) is 41.7 Å². The van der Waals surface area contributed by atoms with E-state index in [0.717, 1.165) is 59.2 Å². The van der Waals surface area contributed by atoms with Crippen LogP contribution in [0, 0.1) is 13.8 Å². The fraction of sp³-hybridized carbons (Fsp3) is 0.400. The molecule has 2 aromatic heterocycles. The average molecular weight is 421 g/mol. The molecule has 1 aromatic carbocycles. The van der Waals surface area contributed by atoms with Crippen LogP contribution in [0.25, 0.3) is 10.9 Å². The van der Waals surface area contributed by atoms with E-state index in [9.17, 15) is 9.59 Å². The van der Waals surface area contributed by atoms with Gasteiger partial charge in [0.1, 0.15) is 0 Å². The third-order valence-corrected chi connectivity index (χ3v) is 6.10. The molecule has 1 aliphatic rings. The van der Waals surface area contributed by atoms with Crippen LogP contribution in [0.3, 0.4) is 0 Å². The maximum Gasteiger partial charge on any atom is 0.339 e. The molecule has 162 valence electrons. The van der Waals surface area contributed by atoms with E-state index < -0.39 is 5.97 Å². The van der Waals surface area contributed by atoms with E-state index in [0.29, 0.717) is 24.3 Å². The average Bonchev–Trinajstić information content (AvgIpc) is 3.07. The van der Waals surface area contributed by atoms with Gasteiger partial charge in [0.15, 0.2) is 6.61 Å². The molecule has 6 heteroatoms. The first kappa shape index (κ1) is 21.2. The van der Waals surface area contributed by atoms with Crippen LogP contribution in [0.4, 0.5) is 0 Å². The third-order valence-electron chi connectivity index (χ3n) is 6.10. The maximum atomic E-state index is 13.1. The lowest BCUT2D eigenvalue weighted by atomic mass is 9.90. The van der Waals surface area contributed by atoms with Crippen molar-refractivity contribution in [2.45, 2.75) is 46.1 Å². The summed E-state index contributed by atoms with van der Waals surface area (Å²) in [5.41, 5.74) is 5.75. The highest BCUT2D eigenvalue weighted by Gasteiger charge is 2.25. The quantitative estimate of drug-likeness (QED) is 0.423. The smallest absolute Gasteiger partial charge is 0.339 e. The van der Waals surface area contributed by atoms with Crippen LogP contribution in [0.1, 0.15) is 56.2 Å². The molecule has 4 rings (SSSR count). The van der Waals surface area contributed by atoms with Crippen molar-refractivity contribution in [3.8, 4) is 0 Å². The van der Waals surface area contributed by atoms with Gasteiger partial charge in [0.25, 0.3) is 0 Å². The standard InChI is InChI=1S/C25H28N2O4/c1-16-14-20(17(2)27(16)12-13-30-3)23(28)15-31-25(29)24-18-8-4-6-10-21(18)26-22-11-7-5-9-19(22)24/h4,6,8,10,14H,5,7,9,11-13,15H2,1-3H3.